The Morgan fingerprint density at radius 2 is 2.05 bits per heavy atom. The highest BCUT2D eigenvalue weighted by atomic mass is 127. The van der Waals surface area contributed by atoms with Crippen LogP contribution < -0.4 is 10.6 Å². The quantitative estimate of drug-likeness (QED) is 0.677. The van der Waals surface area contributed by atoms with Gasteiger partial charge in [-0.3, -0.25) is 4.79 Å². The molecular formula is C15H19IN2O3. The van der Waals surface area contributed by atoms with Crippen molar-refractivity contribution in [3.63, 3.8) is 0 Å². The monoisotopic (exact) mass is 402 g/mol. The van der Waals surface area contributed by atoms with E-state index in [1.54, 1.807) is 0 Å². The van der Waals surface area contributed by atoms with Gasteiger partial charge >= 0.3 is 12.0 Å². The van der Waals surface area contributed by atoms with Gasteiger partial charge in [-0.05, 0) is 59.5 Å². The van der Waals surface area contributed by atoms with Crippen LogP contribution in [0.2, 0.25) is 0 Å². The number of hydrogen-bond acceptors (Lipinski definition) is 2. The zero-order valence-electron chi connectivity index (χ0n) is 11.6. The molecular weight excluding hydrogens is 383 g/mol. The highest BCUT2D eigenvalue weighted by Crippen LogP contribution is 2.29. The van der Waals surface area contributed by atoms with Crippen molar-refractivity contribution in [2.75, 3.05) is 11.9 Å². The van der Waals surface area contributed by atoms with Gasteiger partial charge in [-0.25, -0.2) is 4.79 Å². The van der Waals surface area contributed by atoms with Crippen LogP contribution in [0.3, 0.4) is 0 Å². The predicted octanol–water partition coefficient (Wildman–Crippen LogP) is 3.30. The number of rotatable bonds is 4. The van der Waals surface area contributed by atoms with Crippen LogP contribution in [-0.2, 0) is 4.79 Å². The largest absolute Gasteiger partial charge is 0.481 e. The van der Waals surface area contributed by atoms with Gasteiger partial charge in [0, 0.05) is 15.8 Å². The molecule has 0 heterocycles. The van der Waals surface area contributed by atoms with E-state index < -0.39 is 5.97 Å². The Bertz CT molecular complexity index is 521. The third-order valence-electron chi connectivity index (χ3n) is 3.83. The molecule has 0 bridgehead atoms. The van der Waals surface area contributed by atoms with E-state index in [0.717, 1.165) is 28.5 Å². The molecule has 0 spiro atoms. The van der Waals surface area contributed by atoms with Crippen LogP contribution in [0.4, 0.5) is 10.5 Å². The summed E-state index contributed by atoms with van der Waals surface area (Å²) in [6.45, 7) is 0.409. The highest BCUT2D eigenvalue weighted by Gasteiger charge is 2.30. The minimum Gasteiger partial charge on any atom is -0.481 e. The lowest BCUT2D eigenvalue weighted by Gasteiger charge is -2.28. The third-order valence-corrected chi connectivity index (χ3v) is 4.50. The molecule has 2 unspecified atom stereocenters. The molecule has 21 heavy (non-hydrogen) atoms. The number of halogens is 1. The second-order valence-electron chi connectivity index (χ2n) is 5.33. The Morgan fingerprint density at radius 3 is 2.76 bits per heavy atom. The van der Waals surface area contributed by atoms with Crippen molar-refractivity contribution in [1.82, 2.24) is 5.32 Å². The summed E-state index contributed by atoms with van der Waals surface area (Å²) in [6, 6.07) is 7.23. The SMILES string of the molecule is O=C(NCC1CCCCC1C(=O)O)Nc1cccc(I)c1. The number of carboxylic acids is 1. The number of amides is 2. The van der Waals surface area contributed by atoms with Crippen LogP contribution in [0.15, 0.2) is 24.3 Å². The highest BCUT2D eigenvalue weighted by molar-refractivity contribution is 14.1. The number of carbonyl (C=O) groups is 2. The number of benzene rings is 1. The molecule has 114 valence electrons. The first kappa shape index (κ1) is 16.1. The van der Waals surface area contributed by atoms with Crippen molar-refractivity contribution in [3.8, 4) is 0 Å². The van der Waals surface area contributed by atoms with E-state index in [-0.39, 0.29) is 17.9 Å². The van der Waals surface area contributed by atoms with Crippen molar-refractivity contribution in [2.24, 2.45) is 11.8 Å². The van der Waals surface area contributed by atoms with E-state index in [1.165, 1.54) is 0 Å². The molecule has 2 amide bonds. The van der Waals surface area contributed by atoms with E-state index >= 15 is 0 Å². The molecule has 2 atom stereocenters. The molecule has 3 N–H and O–H groups in total. The minimum atomic E-state index is -0.750. The summed E-state index contributed by atoms with van der Waals surface area (Å²) in [5.74, 6) is -1.06. The molecule has 1 aromatic carbocycles. The second kappa shape index (κ2) is 7.63. The number of urea groups is 1. The van der Waals surface area contributed by atoms with Crippen molar-refractivity contribution in [1.29, 1.82) is 0 Å². The molecule has 0 radical (unpaired) electrons. The fraction of sp³-hybridized carbons (Fsp3) is 0.467. The first-order valence-corrected chi connectivity index (χ1v) is 8.17. The standard InChI is InChI=1S/C15H19IN2O3/c16-11-5-3-6-12(8-11)18-15(21)17-9-10-4-1-2-7-13(10)14(19)20/h3,5-6,8,10,13H,1-2,4,7,9H2,(H,19,20)(H2,17,18,21). The van der Waals surface area contributed by atoms with Crippen molar-refractivity contribution in [3.05, 3.63) is 27.8 Å². The van der Waals surface area contributed by atoms with E-state index in [0.29, 0.717) is 13.0 Å². The van der Waals surface area contributed by atoms with Gasteiger partial charge in [0.1, 0.15) is 0 Å². The maximum Gasteiger partial charge on any atom is 0.319 e. The van der Waals surface area contributed by atoms with Crippen LogP contribution >= 0.6 is 22.6 Å². The maximum absolute atomic E-state index is 11.9. The fourth-order valence-corrected chi connectivity index (χ4v) is 3.29. The minimum absolute atomic E-state index is 0.0258. The molecule has 0 aliphatic heterocycles. The van der Waals surface area contributed by atoms with E-state index in [1.807, 2.05) is 24.3 Å². The molecule has 1 aliphatic rings. The first-order chi connectivity index (χ1) is 10.1. The van der Waals surface area contributed by atoms with E-state index in [2.05, 4.69) is 33.2 Å². The fourth-order valence-electron chi connectivity index (χ4n) is 2.74. The summed E-state index contributed by atoms with van der Waals surface area (Å²) in [5.41, 5.74) is 0.734. The topological polar surface area (TPSA) is 78.4 Å². The average molecular weight is 402 g/mol. The van der Waals surface area contributed by atoms with Gasteiger partial charge in [0.25, 0.3) is 0 Å². The molecule has 0 saturated heterocycles. The van der Waals surface area contributed by atoms with Gasteiger partial charge < -0.3 is 15.7 Å². The van der Waals surface area contributed by atoms with Gasteiger partial charge in [0.05, 0.1) is 5.92 Å². The Kier molecular flexibility index (Phi) is 5.84. The molecule has 2 rings (SSSR count). The zero-order valence-corrected chi connectivity index (χ0v) is 13.8. The van der Waals surface area contributed by atoms with Gasteiger partial charge in [-0.15, -0.1) is 0 Å². The normalized spacial score (nSPS) is 21.6. The Morgan fingerprint density at radius 1 is 1.29 bits per heavy atom. The zero-order chi connectivity index (χ0) is 15.2. The maximum atomic E-state index is 11.9. The molecule has 0 aromatic heterocycles. The molecule has 6 heteroatoms. The predicted molar refractivity (Wildman–Crippen MR) is 89.3 cm³/mol. The van der Waals surface area contributed by atoms with E-state index in [9.17, 15) is 14.7 Å². The van der Waals surface area contributed by atoms with E-state index in [4.69, 9.17) is 0 Å². The number of aliphatic carboxylic acids is 1. The third kappa shape index (κ3) is 4.87. The van der Waals surface area contributed by atoms with Crippen LogP contribution in [0, 0.1) is 15.4 Å². The van der Waals surface area contributed by atoms with Gasteiger partial charge in [-0.2, -0.15) is 0 Å². The summed E-state index contributed by atoms with van der Waals surface area (Å²) < 4.78 is 1.05. The lowest BCUT2D eigenvalue weighted by Crippen LogP contribution is -2.38. The summed E-state index contributed by atoms with van der Waals surface area (Å²) in [7, 11) is 0. The number of carboxylic acid groups (broad SMARTS) is 1. The number of carbonyl (C=O) groups excluding carboxylic acids is 1. The van der Waals surface area contributed by atoms with Gasteiger partial charge in [0.15, 0.2) is 0 Å². The van der Waals surface area contributed by atoms with Crippen LogP contribution in [0.5, 0.6) is 0 Å². The molecule has 5 nitrogen and oxygen atoms in total. The Balaban J connectivity index is 1.84. The molecule has 1 aliphatic carbocycles. The van der Waals surface area contributed by atoms with Gasteiger partial charge in [0.2, 0.25) is 0 Å². The summed E-state index contributed by atoms with van der Waals surface area (Å²) in [5, 5.41) is 14.8. The number of hydrogen-bond donors (Lipinski definition) is 3. The number of anilines is 1. The Labute approximate surface area is 137 Å². The number of nitrogens with one attached hydrogen (secondary N) is 2. The van der Waals surface area contributed by atoms with Crippen molar-refractivity contribution < 1.29 is 14.7 Å². The van der Waals surface area contributed by atoms with Crippen LogP contribution in [0.25, 0.3) is 0 Å². The molecule has 1 aromatic rings. The first-order valence-electron chi connectivity index (χ1n) is 7.09. The average Bonchev–Trinajstić information content (AvgIpc) is 2.45. The molecule has 1 saturated carbocycles. The second-order valence-corrected chi connectivity index (χ2v) is 6.58. The van der Waals surface area contributed by atoms with Crippen LogP contribution in [0.1, 0.15) is 25.7 Å². The lowest BCUT2D eigenvalue weighted by atomic mass is 9.79. The summed E-state index contributed by atoms with van der Waals surface area (Å²) in [6.07, 6.45) is 3.57. The molecule has 1 fully saturated rings. The smallest absolute Gasteiger partial charge is 0.319 e. The van der Waals surface area contributed by atoms with Crippen molar-refractivity contribution >= 4 is 40.3 Å². The summed E-state index contributed by atoms with van der Waals surface area (Å²) in [4.78, 5) is 23.1. The van der Waals surface area contributed by atoms with Crippen LogP contribution in [-0.4, -0.2) is 23.7 Å². The van der Waals surface area contributed by atoms with Gasteiger partial charge in [-0.1, -0.05) is 18.9 Å². The van der Waals surface area contributed by atoms with Crippen molar-refractivity contribution in [2.45, 2.75) is 25.7 Å². The lowest BCUT2D eigenvalue weighted by molar-refractivity contribution is -0.144. The summed E-state index contributed by atoms with van der Waals surface area (Å²) >= 11 is 2.18. The Hall–Kier alpha value is -1.31.